The molecule has 1 aromatic rings. The summed E-state index contributed by atoms with van der Waals surface area (Å²) in [6.45, 7) is 4.28. The van der Waals surface area contributed by atoms with Gasteiger partial charge in [-0.25, -0.2) is 4.98 Å². The van der Waals surface area contributed by atoms with Crippen LogP contribution in [0.1, 0.15) is 26.2 Å². The van der Waals surface area contributed by atoms with E-state index in [1.165, 1.54) is 25.6 Å². The third kappa shape index (κ3) is 2.39. The van der Waals surface area contributed by atoms with Crippen LogP contribution in [0, 0.1) is 9.49 Å². The molecule has 1 fully saturated rings. The molecule has 0 saturated carbocycles. The summed E-state index contributed by atoms with van der Waals surface area (Å²) >= 11 is 2.07. The van der Waals surface area contributed by atoms with Crippen molar-refractivity contribution in [2.24, 2.45) is 5.92 Å². The molecule has 0 atom stereocenters. The standard InChI is InChI=1S/C11H16IN3O/c1-2-8-3-5-15(6-4-8)10-9(12)11(16)14-7-13-10/h7-8H,2-6H2,1H3,(H,13,14,16). The van der Waals surface area contributed by atoms with E-state index in [0.717, 1.165) is 24.8 Å². The van der Waals surface area contributed by atoms with Gasteiger partial charge in [0.1, 0.15) is 9.39 Å². The Morgan fingerprint density at radius 3 is 2.88 bits per heavy atom. The van der Waals surface area contributed by atoms with E-state index in [0.29, 0.717) is 3.57 Å². The number of anilines is 1. The summed E-state index contributed by atoms with van der Waals surface area (Å²) in [4.78, 5) is 20.6. The number of hydrogen-bond donors (Lipinski definition) is 1. The predicted molar refractivity (Wildman–Crippen MR) is 72.8 cm³/mol. The molecule has 0 aliphatic carbocycles. The minimum atomic E-state index is -0.0387. The van der Waals surface area contributed by atoms with Gasteiger partial charge in [-0.1, -0.05) is 13.3 Å². The molecule has 1 aromatic heterocycles. The van der Waals surface area contributed by atoms with Crippen LogP contribution in [0.3, 0.4) is 0 Å². The zero-order chi connectivity index (χ0) is 11.5. The Morgan fingerprint density at radius 2 is 2.25 bits per heavy atom. The quantitative estimate of drug-likeness (QED) is 0.843. The Balaban J connectivity index is 2.14. The highest BCUT2D eigenvalue weighted by Crippen LogP contribution is 2.24. The van der Waals surface area contributed by atoms with E-state index in [1.54, 1.807) is 0 Å². The first-order chi connectivity index (χ1) is 7.72. The van der Waals surface area contributed by atoms with Gasteiger partial charge in [0.25, 0.3) is 5.56 Å². The second-order valence-corrected chi connectivity index (χ2v) is 5.29. The first kappa shape index (κ1) is 11.9. The summed E-state index contributed by atoms with van der Waals surface area (Å²) in [5, 5.41) is 0. The zero-order valence-corrected chi connectivity index (χ0v) is 11.5. The van der Waals surface area contributed by atoms with E-state index in [2.05, 4.69) is 44.4 Å². The first-order valence-electron chi connectivity index (χ1n) is 5.70. The molecule has 2 rings (SSSR count). The second-order valence-electron chi connectivity index (χ2n) is 4.21. The summed E-state index contributed by atoms with van der Waals surface area (Å²) in [5.74, 6) is 1.69. The number of aromatic nitrogens is 2. The Kier molecular flexibility index (Phi) is 3.83. The third-order valence-corrected chi connectivity index (χ3v) is 4.24. The number of hydrogen-bond acceptors (Lipinski definition) is 3. The van der Waals surface area contributed by atoms with Gasteiger partial charge in [-0.15, -0.1) is 0 Å². The molecular weight excluding hydrogens is 317 g/mol. The summed E-state index contributed by atoms with van der Waals surface area (Å²) in [6.07, 6.45) is 5.17. The van der Waals surface area contributed by atoms with Crippen molar-refractivity contribution in [3.8, 4) is 0 Å². The van der Waals surface area contributed by atoms with Crippen LogP contribution in [0.25, 0.3) is 0 Å². The maximum absolute atomic E-state index is 11.5. The van der Waals surface area contributed by atoms with Gasteiger partial charge in [-0.05, 0) is 41.4 Å². The fourth-order valence-electron chi connectivity index (χ4n) is 2.15. The fourth-order valence-corrected chi connectivity index (χ4v) is 2.78. The fraction of sp³-hybridized carbons (Fsp3) is 0.636. The lowest BCUT2D eigenvalue weighted by molar-refractivity contribution is 0.393. The maximum atomic E-state index is 11.5. The van der Waals surface area contributed by atoms with Gasteiger partial charge in [0.05, 0.1) is 6.33 Å². The van der Waals surface area contributed by atoms with Gasteiger partial charge in [-0.2, -0.15) is 0 Å². The molecule has 1 aliphatic rings. The molecule has 1 aliphatic heterocycles. The van der Waals surface area contributed by atoms with Crippen LogP contribution >= 0.6 is 22.6 Å². The van der Waals surface area contributed by atoms with Crippen LogP contribution in [0.5, 0.6) is 0 Å². The topological polar surface area (TPSA) is 49.0 Å². The van der Waals surface area contributed by atoms with E-state index >= 15 is 0 Å². The van der Waals surface area contributed by atoms with E-state index in [-0.39, 0.29) is 5.56 Å². The molecule has 2 heterocycles. The van der Waals surface area contributed by atoms with Crippen LogP contribution in [0.2, 0.25) is 0 Å². The largest absolute Gasteiger partial charge is 0.356 e. The molecule has 4 nitrogen and oxygen atoms in total. The van der Waals surface area contributed by atoms with Crippen molar-refractivity contribution in [2.45, 2.75) is 26.2 Å². The van der Waals surface area contributed by atoms with Crippen molar-refractivity contribution >= 4 is 28.4 Å². The number of piperidine rings is 1. The number of nitrogens with one attached hydrogen (secondary N) is 1. The van der Waals surface area contributed by atoms with E-state index in [4.69, 9.17) is 0 Å². The average Bonchev–Trinajstić information content (AvgIpc) is 2.33. The van der Waals surface area contributed by atoms with Gasteiger partial charge in [0.2, 0.25) is 0 Å². The molecule has 0 spiro atoms. The minimum absolute atomic E-state index is 0.0387. The number of H-pyrrole nitrogens is 1. The highest BCUT2D eigenvalue weighted by molar-refractivity contribution is 14.1. The molecule has 88 valence electrons. The highest BCUT2D eigenvalue weighted by Gasteiger charge is 2.21. The highest BCUT2D eigenvalue weighted by atomic mass is 127. The Morgan fingerprint density at radius 1 is 1.56 bits per heavy atom. The van der Waals surface area contributed by atoms with Gasteiger partial charge in [0.15, 0.2) is 0 Å². The lowest BCUT2D eigenvalue weighted by Gasteiger charge is -2.32. The molecule has 16 heavy (non-hydrogen) atoms. The SMILES string of the molecule is CCC1CCN(c2nc[nH]c(=O)c2I)CC1. The van der Waals surface area contributed by atoms with Crippen molar-refractivity contribution in [1.82, 2.24) is 9.97 Å². The second kappa shape index (κ2) is 5.16. The molecule has 0 unspecified atom stereocenters. The third-order valence-electron chi connectivity index (χ3n) is 3.27. The smallest absolute Gasteiger partial charge is 0.266 e. The monoisotopic (exact) mass is 333 g/mol. The molecule has 0 radical (unpaired) electrons. The first-order valence-corrected chi connectivity index (χ1v) is 6.78. The average molecular weight is 333 g/mol. The Labute approximate surface area is 109 Å². The van der Waals surface area contributed by atoms with Crippen molar-refractivity contribution in [3.63, 3.8) is 0 Å². The summed E-state index contributed by atoms with van der Waals surface area (Å²) in [5.41, 5.74) is -0.0387. The number of nitrogens with zero attached hydrogens (tertiary/aromatic N) is 2. The van der Waals surface area contributed by atoms with Crippen molar-refractivity contribution in [1.29, 1.82) is 0 Å². The summed E-state index contributed by atoms with van der Waals surface area (Å²) in [7, 11) is 0. The molecule has 0 amide bonds. The molecule has 1 N–H and O–H groups in total. The number of rotatable bonds is 2. The van der Waals surface area contributed by atoms with Crippen LogP contribution in [0.15, 0.2) is 11.1 Å². The predicted octanol–water partition coefficient (Wildman–Crippen LogP) is 2.00. The van der Waals surface area contributed by atoms with Crippen LogP contribution in [0.4, 0.5) is 5.82 Å². The van der Waals surface area contributed by atoms with Gasteiger partial charge in [0, 0.05) is 13.1 Å². The lowest BCUT2D eigenvalue weighted by Crippen LogP contribution is -2.35. The lowest BCUT2D eigenvalue weighted by atomic mass is 9.94. The van der Waals surface area contributed by atoms with Crippen LogP contribution < -0.4 is 10.5 Å². The van der Waals surface area contributed by atoms with Crippen molar-refractivity contribution in [3.05, 3.63) is 20.3 Å². The molecule has 5 heteroatoms. The normalized spacial score (nSPS) is 17.8. The molecule has 0 aromatic carbocycles. The van der Waals surface area contributed by atoms with Crippen molar-refractivity contribution < 1.29 is 0 Å². The van der Waals surface area contributed by atoms with Crippen molar-refractivity contribution in [2.75, 3.05) is 18.0 Å². The molecule has 1 saturated heterocycles. The van der Waals surface area contributed by atoms with Gasteiger partial charge < -0.3 is 9.88 Å². The number of halogens is 1. The van der Waals surface area contributed by atoms with E-state index in [1.807, 2.05) is 0 Å². The maximum Gasteiger partial charge on any atom is 0.266 e. The van der Waals surface area contributed by atoms with Crippen LogP contribution in [-0.2, 0) is 0 Å². The van der Waals surface area contributed by atoms with E-state index in [9.17, 15) is 4.79 Å². The Bertz CT molecular complexity index is 410. The number of aromatic amines is 1. The van der Waals surface area contributed by atoms with Gasteiger partial charge in [-0.3, -0.25) is 4.79 Å². The van der Waals surface area contributed by atoms with E-state index < -0.39 is 0 Å². The summed E-state index contributed by atoms with van der Waals surface area (Å²) < 4.78 is 0.704. The van der Waals surface area contributed by atoms with Crippen LogP contribution in [-0.4, -0.2) is 23.1 Å². The van der Waals surface area contributed by atoms with Gasteiger partial charge >= 0.3 is 0 Å². The Hall–Kier alpha value is -0.590. The minimum Gasteiger partial charge on any atom is -0.356 e. The summed E-state index contributed by atoms with van der Waals surface area (Å²) in [6, 6.07) is 0. The molecule has 0 bridgehead atoms. The molecular formula is C11H16IN3O. The zero-order valence-electron chi connectivity index (χ0n) is 9.37.